The Morgan fingerprint density at radius 3 is 2.55 bits per heavy atom. The predicted octanol–water partition coefficient (Wildman–Crippen LogP) is 1.05. The van der Waals surface area contributed by atoms with Crippen LogP contribution in [0.1, 0.15) is 25.7 Å². The van der Waals surface area contributed by atoms with Gasteiger partial charge in [0.25, 0.3) is 0 Å². The maximum absolute atomic E-state index is 11.8. The molecule has 1 aromatic rings. The van der Waals surface area contributed by atoms with Gasteiger partial charge in [-0.05, 0) is 38.6 Å². The number of rotatable bonds is 8. The van der Waals surface area contributed by atoms with Crippen LogP contribution in [0.2, 0.25) is 0 Å². The molecule has 0 aliphatic carbocycles. The van der Waals surface area contributed by atoms with Gasteiger partial charge >= 0.3 is 0 Å². The second-order valence-electron chi connectivity index (χ2n) is 4.35. The van der Waals surface area contributed by atoms with Crippen LogP contribution in [-0.4, -0.2) is 27.9 Å². The molecule has 1 aromatic carbocycles. The second-order valence-corrected chi connectivity index (χ2v) is 6.21. The monoisotopic (exact) mass is 299 g/mol. The molecule has 20 heavy (non-hydrogen) atoms. The number of carbonyl (C=O) groups is 1. The van der Waals surface area contributed by atoms with Crippen molar-refractivity contribution in [2.24, 2.45) is 5.73 Å². The SMILES string of the molecule is CNS(=O)(=O)c1ccccc1NC(=O)CCCCCN. The summed E-state index contributed by atoms with van der Waals surface area (Å²) < 4.78 is 25.9. The third-order valence-corrected chi connectivity index (χ3v) is 4.30. The molecule has 0 fully saturated rings. The summed E-state index contributed by atoms with van der Waals surface area (Å²) in [6, 6.07) is 6.32. The van der Waals surface area contributed by atoms with Crippen molar-refractivity contribution in [2.75, 3.05) is 18.9 Å². The van der Waals surface area contributed by atoms with E-state index in [1.807, 2.05) is 0 Å². The van der Waals surface area contributed by atoms with Gasteiger partial charge in [-0.15, -0.1) is 0 Å². The highest BCUT2D eigenvalue weighted by Gasteiger charge is 2.17. The van der Waals surface area contributed by atoms with E-state index in [4.69, 9.17) is 5.73 Å². The van der Waals surface area contributed by atoms with Crippen molar-refractivity contribution in [3.63, 3.8) is 0 Å². The zero-order valence-corrected chi connectivity index (χ0v) is 12.4. The van der Waals surface area contributed by atoms with E-state index in [1.165, 1.54) is 13.1 Å². The first kappa shape index (κ1) is 16.6. The van der Waals surface area contributed by atoms with Crippen LogP contribution in [0.4, 0.5) is 5.69 Å². The molecule has 0 saturated heterocycles. The molecule has 1 amide bonds. The molecule has 1 rings (SSSR count). The van der Waals surface area contributed by atoms with E-state index in [2.05, 4.69) is 10.0 Å². The van der Waals surface area contributed by atoms with Crippen LogP contribution in [-0.2, 0) is 14.8 Å². The molecule has 0 atom stereocenters. The number of hydrogen-bond acceptors (Lipinski definition) is 4. The van der Waals surface area contributed by atoms with Gasteiger partial charge in [0.05, 0.1) is 5.69 Å². The van der Waals surface area contributed by atoms with E-state index < -0.39 is 10.0 Å². The van der Waals surface area contributed by atoms with Crippen LogP contribution < -0.4 is 15.8 Å². The minimum Gasteiger partial charge on any atom is -0.330 e. The van der Waals surface area contributed by atoms with Gasteiger partial charge < -0.3 is 11.1 Å². The van der Waals surface area contributed by atoms with Gasteiger partial charge in [-0.25, -0.2) is 13.1 Å². The Labute approximate surface area is 119 Å². The van der Waals surface area contributed by atoms with Gasteiger partial charge in [0, 0.05) is 6.42 Å². The molecular weight excluding hydrogens is 278 g/mol. The number of carbonyl (C=O) groups excluding carboxylic acids is 1. The van der Waals surface area contributed by atoms with Crippen LogP contribution in [0.3, 0.4) is 0 Å². The van der Waals surface area contributed by atoms with Crippen molar-refractivity contribution in [1.29, 1.82) is 0 Å². The van der Waals surface area contributed by atoms with Crippen LogP contribution in [0.15, 0.2) is 29.2 Å². The highest BCUT2D eigenvalue weighted by molar-refractivity contribution is 7.89. The van der Waals surface area contributed by atoms with Gasteiger partial charge in [-0.3, -0.25) is 4.79 Å². The van der Waals surface area contributed by atoms with Crippen LogP contribution in [0, 0.1) is 0 Å². The number of para-hydroxylation sites is 1. The number of sulfonamides is 1. The molecule has 0 aromatic heterocycles. The predicted molar refractivity (Wildman–Crippen MR) is 78.8 cm³/mol. The summed E-state index contributed by atoms with van der Waals surface area (Å²) in [5.74, 6) is -0.194. The Bertz CT molecular complexity index is 544. The zero-order chi connectivity index (χ0) is 15.0. The third kappa shape index (κ3) is 4.92. The number of unbranched alkanes of at least 4 members (excludes halogenated alkanes) is 2. The number of hydrogen-bond donors (Lipinski definition) is 3. The number of nitrogens with one attached hydrogen (secondary N) is 2. The van der Waals surface area contributed by atoms with Gasteiger partial charge in [-0.2, -0.15) is 0 Å². The van der Waals surface area contributed by atoms with Gasteiger partial charge in [0.15, 0.2) is 0 Å². The molecular formula is C13H21N3O3S. The molecule has 0 aliphatic heterocycles. The Kier molecular flexibility index (Phi) is 6.63. The number of benzene rings is 1. The van der Waals surface area contributed by atoms with E-state index in [1.54, 1.807) is 18.2 Å². The maximum Gasteiger partial charge on any atom is 0.242 e. The first-order valence-electron chi connectivity index (χ1n) is 6.53. The molecule has 4 N–H and O–H groups in total. The summed E-state index contributed by atoms with van der Waals surface area (Å²) in [5.41, 5.74) is 5.67. The summed E-state index contributed by atoms with van der Waals surface area (Å²) in [5, 5.41) is 2.64. The molecule has 0 saturated carbocycles. The molecule has 0 aliphatic rings. The van der Waals surface area contributed by atoms with Crippen LogP contribution in [0.5, 0.6) is 0 Å². The fraction of sp³-hybridized carbons (Fsp3) is 0.462. The van der Waals surface area contributed by atoms with E-state index in [9.17, 15) is 13.2 Å². The third-order valence-electron chi connectivity index (χ3n) is 2.83. The van der Waals surface area contributed by atoms with Crippen molar-refractivity contribution in [1.82, 2.24) is 4.72 Å². The lowest BCUT2D eigenvalue weighted by atomic mass is 10.2. The summed E-state index contributed by atoms with van der Waals surface area (Å²) in [4.78, 5) is 11.9. The average Bonchev–Trinajstić information content (AvgIpc) is 2.44. The molecule has 0 unspecified atom stereocenters. The van der Waals surface area contributed by atoms with Crippen molar-refractivity contribution in [3.05, 3.63) is 24.3 Å². The molecule has 0 bridgehead atoms. The second kappa shape index (κ2) is 7.98. The van der Waals surface area contributed by atoms with Crippen molar-refractivity contribution >= 4 is 21.6 Å². The molecule has 6 nitrogen and oxygen atoms in total. The molecule has 0 spiro atoms. The Balaban J connectivity index is 2.71. The Hall–Kier alpha value is -1.44. The fourth-order valence-electron chi connectivity index (χ4n) is 1.73. The fourth-order valence-corrected chi connectivity index (χ4v) is 2.62. The number of anilines is 1. The summed E-state index contributed by atoms with van der Waals surface area (Å²) >= 11 is 0. The smallest absolute Gasteiger partial charge is 0.242 e. The lowest BCUT2D eigenvalue weighted by molar-refractivity contribution is -0.116. The van der Waals surface area contributed by atoms with Crippen molar-refractivity contribution in [3.8, 4) is 0 Å². The maximum atomic E-state index is 11.8. The minimum absolute atomic E-state index is 0.0674. The van der Waals surface area contributed by atoms with Gasteiger partial charge in [0.1, 0.15) is 4.90 Å². The number of nitrogens with two attached hydrogens (primary N) is 1. The van der Waals surface area contributed by atoms with Crippen molar-refractivity contribution < 1.29 is 13.2 Å². The quantitative estimate of drug-likeness (QED) is 0.624. The first-order valence-corrected chi connectivity index (χ1v) is 8.02. The topological polar surface area (TPSA) is 101 Å². The minimum atomic E-state index is -3.58. The van der Waals surface area contributed by atoms with Crippen LogP contribution in [0.25, 0.3) is 0 Å². The zero-order valence-electron chi connectivity index (χ0n) is 11.6. The summed E-state index contributed by atoms with van der Waals surface area (Å²) in [6.07, 6.45) is 2.87. The van der Waals surface area contributed by atoms with Gasteiger partial charge in [0.2, 0.25) is 15.9 Å². The van der Waals surface area contributed by atoms with E-state index >= 15 is 0 Å². The Morgan fingerprint density at radius 1 is 1.20 bits per heavy atom. The highest BCUT2D eigenvalue weighted by atomic mass is 32.2. The molecule has 0 radical (unpaired) electrons. The average molecular weight is 299 g/mol. The molecule has 0 heterocycles. The highest BCUT2D eigenvalue weighted by Crippen LogP contribution is 2.20. The van der Waals surface area contributed by atoms with Crippen molar-refractivity contribution in [2.45, 2.75) is 30.6 Å². The molecule has 112 valence electrons. The van der Waals surface area contributed by atoms with Crippen LogP contribution >= 0.6 is 0 Å². The van der Waals surface area contributed by atoms with E-state index in [-0.39, 0.29) is 10.8 Å². The number of amides is 1. The van der Waals surface area contributed by atoms with E-state index in [0.29, 0.717) is 18.7 Å². The lowest BCUT2D eigenvalue weighted by Crippen LogP contribution is -2.21. The lowest BCUT2D eigenvalue weighted by Gasteiger charge is -2.10. The summed E-state index contributed by atoms with van der Waals surface area (Å²) in [7, 11) is -2.25. The van der Waals surface area contributed by atoms with Gasteiger partial charge in [-0.1, -0.05) is 18.6 Å². The Morgan fingerprint density at radius 2 is 1.90 bits per heavy atom. The first-order chi connectivity index (χ1) is 9.51. The normalized spacial score (nSPS) is 11.3. The molecule has 7 heteroatoms. The summed E-state index contributed by atoms with van der Waals surface area (Å²) in [6.45, 7) is 0.616. The standard InChI is InChI=1S/C13H21N3O3S/c1-15-20(18,19)12-8-5-4-7-11(12)16-13(17)9-3-2-6-10-14/h4-5,7-8,15H,2-3,6,9-10,14H2,1H3,(H,16,17). The largest absolute Gasteiger partial charge is 0.330 e. The van der Waals surface area contributed by atoms with E-state index in [0.717, 1.165) is 19.3 Å².